The number of aromatic carboxylic acids is 1. The van der Waals surface area contributed by atoms with E-state index in [4.69, 9.17) is 5.11 Å². The quantitative estimate of drug-likeness (QED) is 0.938. The van der Waals surface area contributed by atoms with E-state index in [1.165, 1.54) is 10.4 Å². The SMILES string of the molecule is Cc1ccc(S(=O)(=O)N2CCc3cc(C(=O)O)ccc32)c(C)c1. The smallest absolute Gasteiger partial charge is 0.335 e. The number of rotatable bonds is 3. The molecule has 1 aliphatic rings. The average molecular weight is 331 g/mol. The number of aryl methyl sites for hydroxylation is 2. The Bertz CT molecular complexity index is 903. The highest BCUT2D eigenvalue weighted by Gasteiger charge is 2.32. The van der Waals surface area contributed by atoms with E-state index < -0.39 is 16.0 Å². The van der Waals surface area contributed by atoms with Gasteiger partial charge in [0.25, 0.3) is 10.0 Å². The van der Waals surface area contributed by atoms with Gasteiger partial charge in [-0.3, -0.25) is 4.31 Å². The Morgan fingerprint density at radius 3 is 2.52 bits per heavy atom. The number of carbonyl (C=O) groups is 1. The summed E-state index contributed by atoms with van der Waals surface area (Å²) < 4.78 is 27.3. The molecule has 0 spiro atoms. The topological polar surface area (TPSA) is 74.7 Å². The van der Waals surface area contributed by atoms with Gasteiger partial charge in [-0.05, 0) is 55.7 Å². The zero-order chi connectivity index (χ0) is 16.8. The van der Waals surface area contributed by atoms with Crippen LogP contribution in [0.2, 0.25) is 0 Å². The van der Waals surface area contributed by atoms with E-state index in [2.05, 4.69) is 0 Å². The molecule has 0 amide bonds. The molecule has 1 N–H and O–H groups in total. The summed E-state index contributed by atoms with van der Waals surface area (Å²) in [5, 5.41) is 9.05. The van der Waals surface area contributed by atoms with Crippen LogP contribution in [0.4, 0.5) is 5.69 Å². The minimum atomic E-state index is -3.65. The molecule has 1 heterocycles. The van der Waals surface area contributed by atoms with Crippen LogP contribution in [-0.2, 0) is 16.4 Å². The maximum atomic E-state index is 13.0. The summed E-state index contributed by atoms with van der Waals surface area (Å²) in [6.07, 6.45) is 0.514. The van der Waals surface area contributed by atoms with Gasteiger partial charge in [-0.2, -0.15) is 0 Å². The summed E-state index contributed by atoms with van der Waals surface area (Å²) in [6, 6.07) is 9.82. The van der Waals surface area contributed by atoms with Crippen LogP contribution in [0.25, 0.3) is 0 Å². The van der Waals surface area contributed by atoms with Crippen molar-refractivity contribution in [1.29, 1.82) is 0 Å². The van der Waals surface area contributed by atoms with Crippen LogP contribution < -0.4 is 4.31 Å². The summed E-state index contributed by atoms with van der Waals surface area (Å²) in [5.74, 6) is -1.01. The van der Waals surface area contributed by atoms with Crippen molar-refractivity contribution in [1.82, 2.24) is 0 Å². The molecule has 0 aromatic heterocycles. The normalized spacial score (nSPS) is 13.9. The standard InChI is InChI=1S/C17H17NO4S/c1-11-3-6-16(12(2)9-11)23(21,22)18-8-7-13-10-14(17(19)20)4-5-15(13)18/h3-6,9-10H,7-8H2,1-2H3,(H,19,20). The van der Waals surface area contributed by atoms with Gasteiger partial charge in [0.1, 0.15) is 0 Å². The van der Waals surface area contributed by atoms with Gasteiger partial charge in [0.05, 0.1) is 16.1 Å². The fourth-order valence-corrected chi connectivity index (χ4v) is 4.67. The lowest BCUT2D eigenvalue weighted by molar-refractivity contribution is 0.0697. The van der Waals surface area contributed by atoms with Gasteiger partial charge in [-0.1, -0.05) is 17.7 Å². The third kappa shape index (κ3) is 2.59. The van der Waals surface area contributed by atoms with Crippen molar-refractivity contribution in [3.63, 3.8) is 0 Å². The zero-order valence-electron chi connectivity index (χ0n) is 12.9. The summed E-state index contributed by atoms with van der Waals surface area (Å²) >= 11 is 0. The van der Waals surface area contributed by atoms with Crippen molar-refractivity contribution in [2.24, 2.45) is 0 Å². The third-order valence-corrected chi connectivity index (χ3v) is 6.05. The Hall–Kier alpha value is -2.34. The molecule has 0 fully saturated rings. The van der Waals surface area contributed by atoms with Gasteiger partial charge < -0.3 is 5.11 Å². The van der Waals surface area contributed by atoms with Crippen molar-refractivity contribution < 1.29 is 18.3 Å². The minimum absolute atomic E-state index is 0.175. The van der Waals surface area contributed by atoms with Crippen molar-refractivity contribution in [2.45, 2.75) is 25.2 Å². The van der Waals surface area contributed by atoms with Crippen LogP contribution in [0.1, 0.15) is 27.0 Å². The Morgan fingerprint density at radius 1 is 1.13 bits per heavy atom. The summed E-state index contributed by atoms with van der Waals surface area (Å²) in [4.78, 5) is 11.3. The first kappa shape index (κ1) is 15.6. The molecule has 0 bridgehead atoms. The zero-order valence-corrected chi connectivity index (χ0v) is 13.7. The number of anilines is 1. The number of benzene rings is 2. The summed E-state index contributed by atoms with van der Waals surface area (Å²) in [7, 11) is -3.65. The predicted octanol–water partition coefficient (Wildman–Crippen LogP) is 2.75. The highest BCUT2D eigenvalue weighted by Crippen LogP contribution is 2.34. The van der Waals surface area contributed by atoms with Gasteiger partial charge in [0.2, 0.25) is 0 Å². The Kier molecular flexibility index (Phi) is 3.64. The minimum Gasteiger partial charge on any atom is -0.478 e. The first-order valence-corrected chi connectivity index (χ1v) is 8.71. The van der Waals surface area contributed by atoms with Crippen LogP contribution >= 0.6 is 0 Å². The van der Waals surface area contributed by atoms with E-state index in [0.29, 0.717) is 29.1 Å². The molecule has 0 atom stereocenters. The molecule has 2 aromatic carbocycles. The van der Waals surface area contributed by atoms with E-state index in [-0.39, 0.29) is 5.56 Å². The number of sulfonamides is 1. The maximum Gasteiger partial charge on any atom is 0.335 e. The number of hydrogen-bond acceptors (Lipinski definition) is 3. The van der Waals surface area contributed by atoms with E-state index in [9.17, 15) is 13.2 Å². The monoisotopic (exact) mass is 331 g/mol. The fourth-order valence-electron chi connectivity index (χ4n) is 2.96. The molecule has 0 saturated heterocycles. The van der Waals surface area contributed by atoms with Crippen LogP contribution in [-0.4, -0.2) is 26.0 Å². The first-order chi connectivity index (χ1) is 10.8. The average Bonchev–Trinajstić information content (AvgIpc) is 2.90. The van der Waals surface area contributed by atoms with Crippen molar-refractivity contribution >= 4 is 21.7 Å². The van der Waals surface area contributed by atoms with E-state index in [1.807, 2.05) is 13.0 Å². The van der Waals surface area contributed by atoms with Gasteiger partial charge in [-0.25, -0.2) is 13.2 Å². The highest BCUT2D eigenvalue weighted by molar-refractivity contribution is 7.93. The molecule has 2 aromatic rings. The molecule has 1 aliphatic heterocycles. The van der Waals surface area contributed by atoms with Crippen molar-refractivity contribution in [2.75, 3.05) is 10.8 Å². The molecule has 0 saturated carbocycles. The summed E-state index contributed by atoms with van der Waals surface area (Å²) in [6.45, 7) is 4.03. The molecule has 0 aliphatic carbocycles. The molecule has 5 nitrogen and oxygen atoms in total. The largest absolute Gasteiger partial charge is 0.478 e. The van der Waals surface area contributed by atoms with Gasteiger partial charge in [0.15, 0.2) is 0 Å². The molecular formula is C17H17NO4S. The number of hydrogen-bond donors (Lipinski definition) is 1. The molecule has 0 radical (unpaired) electrons. The molecule has 6 heteroatoms. The van der Waals surface area contributed by atoms with Crippen LogP contribution in [0.5, 0.6) is 0 Å². The molecule has 3 rings (SSSR count). The Balaban J connectivity index is 2.06. The molecular weight excluding hydrogens is 314 g/mol. The van der Waals surface area contributed by atoms with Gasteiger partial charge >= 0.3 is 5.97 Å². The molecule has 23 heavy (non-hydrogen) atoms. The summed E-state index contributed by atoms with van der Waals surface area (Å²) in [5.41, 5.74) is 3.21. The Labute approximate surface area is 135 Å². The second-order valence-corrected chi connectivity index (χ2v) is 7.58. The van der Waals surface area contributed by atoms with Crippen LogP contribution in [0.15, 0.2) is 41.3 Å². The van der Waals surface area contributed by atoms with Crippen LogP contribution in [0, 0.1) is 13.8 Å². The fraction of sp³-hybridized carbons (Fsp3) is 0.235. The lowest BCUT2D eigenvalue weighted by Gasteiger charge is -2.21. The maximum absolute atomic E-state index is 13.0. The van der Waals surface area contributed by atoms with Gasteiger partial charge in [0, 0.05) is 6.54 Å². The van der Waals surface area contributed by atoms with Crippen LogP contribution in [0.3, 0.4) is 0 Å². The second kappa shape index (κ2) is 5.38. The van der Waals surface area contributed by atoms with Gasteiger partial charge in [-0.15, -0.1) is 0 Å². The van der Waals surface area contributed by atoms with E-state index >= 15 is 0 Å². The number of carboxylic acid groups (broad SMARTS) is 1. The lowest BCUT2D eigenvalue weighted by atomic mass is 10.1. The van der Waals surface area contributed by atoms with Crippen molar-refractivity contribution in [3.05, 3.63) is 58.7 Å². The van der Waals surface area contributed by atoms with E-state index in [1.54, 1.807) is 31.2 Å². The first-order valence-electron chi connectivity index (χ1n) is 7.27. The number of nitrogens with zero attached hydrogens (tertiary/aromatic N) is 1. The highest BCUT2D eigenvalue weighted by atomic mass is 32.2. The molecule has 120 valence electrons. The Morgan fingerprint density at radius 2 is 1.87 bits per heavy atom. The number of fused-ring (bicyclic) bond motifs is 1. The second-order valence-electron chi connectivity index (χ2n) is 5.74. The number of carboxylic acids is 1. The van der Waals surface area contributed by atoms with Crippen molar-refractivity contribution in [3.8, 4) is 0 Å². The predicted molar refractivity (Wildman–Crippen MR) is 87.6 cm³/mol. The van der Waals surface area contributed by atoms with E-state index in [0.717, 1.165) is 11.1 Å². The lowest BCUT2D eigenvalue weighted by Crippen LogP contribution is -2.29. The third-order valence-electron chi connectivity index (χ3n) is 4.08. The molecule has 0 unspecified atom stereocenters.